The molecule has 0 amide bonds. The number of nitrogens with zero attached hydrogens (tertiary/aromatic N) is 4. The maximum absolute atomic E-state index is 12.5. The molecule has 8 nitrogen and oxygen atoms in total. The Bertz CT molecular complexity index is 2590. The molecule has 0 fully saturated rings. The van der Waals surface area contributed by atoms with Crippen LogP contribution in [-0.2, 0) is 5.41 Å². The number of para-hydroxylation sites is 4. The molecule has 8 aromatic rings. The Hall–Kier alpha value is -7.84. The highest BCUT2D eigenvalue weighted by Gasteiger charge is 2.53. The van der Waals surface area contributed by atoms with Gasteiger partial charge in [0.25, 0.3) is 11.4 Å². The molecular weight excluding hydrogens is 709 g/mol. The minimum absolute atomic E-state index is 0.0527. The van der Waals surface area contributed by atoms with E-state index < -0.39 is 5.41 Å². The van der Waals surface area contributed by atoms with Crippen molar-refractivity contribution in [1.82, 2.24) is 0 Å². The standard InChI is InChI=1S/C49H32N4O4/c54-52(55)39-23-27-43-41-25-21-37(50(33-13-5-1-6-14-33)34-15-7-2-8-16-34)29-45(41)49(47(43)31-39)46-30-38(22-26-42(46)44-28-24-40(53(56)57)32-48(44)49)51(35-17-9-3-10-18-35)36-19-11-4-12-20-36/h1-32H. The van der Waals surface area contributed by atoms with E-state index in [4.69, 9.17) is 0 Å². The summed E-state index contributed by atoms with van der Waals surface area (Å²) >= 11 is 0. The molecule has 2 aliphatic carbocycles. The molecule has 0 bridgehead atoms. The summed E-state index contributed by atoms with van der Waals surface area (Å²) in [6.45, 7) is 0. The second kappa shape index (κ2) is 13.2. The van der Waals surface area contributed by atoms with Crippen molar-refractivity contribution < 1.29 is 9.85 Å². The average molecular weight is 741 g/mol. The molecule has 0 atom stereocenters. The van der Waals surface area contributed by atoms with E-state index in [-0.39, 0.29) is 21.2 Å². The molecule has 0 aliphatic heterocycles. The van der Waals surface area contributed by atoms with E-state index in [9.17, 15) is 20.2 Å². The number of fused-ring (bicyclic) bond motifs is 10. The van der Waals surface area contributed by atoms with Gasteiger partial charge in [-0.3, -0.25) is 20.2 Å². The maximum Gasteiger partial charge on any atom is 0.269 e. The van der Waals surface area contributed by atoms with Crippen molar-refractivity contribution in [3.05, 3.63) is 237 Å². The third kappa shape index (κ3) is 5.22. The normalized spacial score (nSPS) is 12.6. The Labute approximate surface area is 328 Å². The molecule has 8 heteroatoms. The first-order valence-corrected chi connectivity index (χ1v) is 18.6. The predicted molar refractivity (Wildman–Crippen MR) is 225 cm³/mol. The molecule has 0 aromatic heterocycles. The van der Waals surface area contributed by atoms with Crippen molar-refractivity contribution in [3.63, 3.8) is 0 Å². The Morgan fingerprint density at radius 1 is 0.333 bits per heavy atom. The highest BCUT2D eigenvalue weighted by atomic mass is 16.6. The molecule has 2 aliphatic rings. The van der Waals surface area contributed by atoms with Gasteiger partial charge >= 0.3 is 0 Å². The largest absolute Gasteiger partial charge is 0.310 e. The van der Waals surface area contributed by atoms with Crippen molar-refractivity contribution in [3.8, 4) is 22.3 Å². The molecule has 8 aromatic carbocycles. The fourth-order valence-electron chi connectivity index (χ4n) is 8.89. The van der Waals surface area contributed by atoms with Gasteiger partial charge in [-0.05, 0) is 129 Å². The number of nitro benzene ring substituents is 2. The van der Waals surface area contributed by atoms with Crippen molar-refractivity contribution in [2.75, 3.05) is 9.80 Å². The molecule has 0 radical (unpaired) electrons. The van der Waals surface area contributed by atoms with Gasteiger partial charge in [-0.1, -0.05) is 84.9 Å². The second-order valence-electron chi connectivity index (χ2n) is 14.2. The highest BCUT2D eigenvalue weighted by molar-refractivity contribution is 5.98. The summed E-state index contributed by atoms with van der Waals surface area (Å²) in [6.07, 6.45) is 0. The molecule has 0 saturated carbocycles. The zero-order valence-electron chi connectivity index (χ0n) is 30.4. The van der Waals surface area contributed by atoms with Crippen LogP contribution < -0.4 is 9.80 Å². The molecule has 10 rings (SSSR count). The summed E-state index contributed by atoms with van der Waals surface area (Å²) < 4.78 is 0. The van der Waals surface area contributed by atoms with Crippen LogP contribution in [0.5, 0.6) is 0 Å². The van der Waals surface area contributed by atoms with Crippen LogP contribution >= 0.6 is 0 Å². The Morgan fingerprint density at radius 3 is 0.912 bits per heavy atom. The van der Waals surface area contributed by atoms with E-state index in [0.29, 0.717) is 11.1 Å². The fraction of sp³-hybridized carbons (Fsp3) is 0.0204. The number of hydrogen-bond acceptors (Lipinski definition) is 6. The third-order valence-corrected chi connectivity index (χ3v) is 11.2. The first-order chi connectivity index (χ1) is 27.9. The van der Waals surface area contributed by atoms with Gasteiger partial charge in [-0.15, -0.1) is 0 Å². The number of non-ortho nitro benzene ring substituents is 2. The second-order valence-corrected chi connectivity index (χ2v) is 14.2. The molecule has 1 spiro atoms. The molecule has 272 valence electrons. The topological polar surface area (TPSA) is 92.8 Å². The van der Waals surface area contributed by atoms with Gasteiger partial charge in [0, 0.05) is 58.4 Å². The maximum atomic E-state index is 12.5. The Balaban J connectivity index is 1.31. The Kier molecular flexibility index (Phi) is 7.79. The summed E-state index contributed by atoms with van der Waals surface area (Å²) in [5.41, 5.74) is 11.0. The van der Waals surface area contributed by atoms with E-state index >= 15 is 0 Å². The van der Waals surface area contributed by atoms with Crippen molar-refractivity contribution in [2.45, 2.75) is 5.41 Å². The molecule has 0 N–H and O–H groups in total. The summed E-state index contributed by atoms with van der Waals surface area (Å²) in [7, 11) is 0. The third-order valence-electron chi connectivity index (χ3n) is 11.2. The van der Waals surface area contributed by atoms with Crippen LogP contribution in [0.25, 0.3) is 22.3 Å². The molecule has 0 saturated heterocycles. The van der Waals surface area contributed by atoms with Gasteiger partial charge in [-0.2, -0.15) is 0 Å². The SMILES string of the molecule is O=[N+]([O-])c1ccc2c(c1)C1(c3cc(N(c4ccccc4)c4ccccc4)ccc3-2)c2cc(N(c3ccccc3)c3ccccc3)ccc2-c2ccc([N+](=O)[O-])cc21. The van der Waals surface area contributed by atoms with Crippen LogP contribution in [0.4, 0.5) is 45.5 Å². The minimum Gasteiger partial charge on any atom is -0.310 e. The van der Waals surface area contributed by atoms with Gasteiger partial charge in [0.1, 0.15) is 0 Å². The monoisotopic (exact) mass is 740 g/mol. The fourth-order valence-corrected chi connectivity index (χ4v) is 8.89. The smallest absolute Gasteiger partial charge is 0.269 e. The number of benzene rings is 8. The lowest BCUT2D eigenvalue weighted by atomic mass is 9.70. The average Bonchev–Trinajstić information content (AvgIpc) is 3.71. The van der Waals surface area contributed by atoms with E-state index in [2.05, 4.69) is 94.7 Å². The molecule has 0 heterocycles. The first kappa shape index (κ1) is 33.7. The van der Waals surface area contributed by atoms with Crippen LogP contribution in [0.15, 0.2) is 194 Å². The van der Waals surface area contributed by atoms with Crippen LogP contribution in [0.1, 0.15) is 22.3 Å². The van der Waals surface area contributed by atoms with Gasteiger partial charge in [-0.25, -0.2) is 0 Å². The molecular formula is C49H32N4O4. The number of rotatable bonds is 8. The Morgan fingerprint density at radius 2 is 0.614 bits per heavy atom. The van der Waals surface area contributed by atoms with E-state index in [1.807, 2.05) is 84.9 Å². The van der Waals surface area contributed by atoms with E-state index in [1.54, 1.807) is 24.3 Å². The van der Waals surface area contributed by atoms with Crippen molar-refractivity contribution in [1.29, 1.82) is 0 Å². The lowest BCUT2D eigenvalue weighted by molar-refractivity contribution is -0.385. The van der Waals surface area contributed by atoms with E-state index in [1.165, 1.54) is 0 Å². The zero-order chi connectivity index (χ0) is 38.7. The number of nitro groups is 2. The lowest BCUT2D eigenvalue weighted by Crippen LogP contribution is -2.27. The first-order valence-electron chi connectivity index (χ1n) is 18.6. The molecule has 57 heavy (non-hydrogen) atoms. The zero-order valence-corrected chi connectivity index (χ0v) is 30.4. The summed E-state index contributed by atoms with van der Waals surface area (Å²) in [5, 5.41) is 25.1. The van der Waals surface area contributed by atoms with Crippen molar-refractivity contribution >= 4 is 45.5 Å². The number of anilines is 6. The van der Waals surface area contributed by atoms with Gasteiger partial charge in [0.05, 0.1) is 15.3 Å². The van der Waals surface area contributed by atoms with Crippen LogP contribution in [0.3, 0.4) is 0 Å². The number of hydrogen-bond donors (Lipinski definition) is 0. The lowest BCUT2D eigenvalue weighted by Gasteiger charge is -2.33. The summed E-state index contributed by atoms with van der Waals surface area (Å²) in [6, 6.07) is 63.2. The van der Waals surface area contributed by atoms with Gasteiger partial charge in [0.2, 0.25) is 0 Å². The minimum atomic E-state index is -1.16. The van der Waals surface area contributed by atoms with Crippen LogP contribution in [-0.4, -0.2) is 9.85 Å². The van der Waals surface area contributed by atoms with Crippen LogP contribution in [0, 0.1) is 20.2 Å². The van der Waals surface area contributed by atoms with E-state index in [0.717, 1.165) is 67.5 Å². The molecule has 0 unspecified atom stereocenters. The quantitative estimate of drug-likeness (QED) is 0.114. The predicted octanol–water partition coefficient (Wildman–Crippen LogP) is 12.8. The highest BCUT2D eigenvalue weighted by Crippen LogP contribution is 2.65. The summed E-state index contributed by atoms with van der Waals surface area (Å²) in [5.74, 6) is 0. The van der Waals surface area contributed by atoms with Crippen molar-refractivity contribution in [2.24, 2.45) is 0 Å². The van der Waals surface area contributed by atoms with Crippen LogP contribution in [0.2, 0.25) is 0 Å². The van der Waals surface area contributed by atoms with Gasteiger partial charge < -0.3 is 9.80 Å². The summed E-state index contributed by atoms with van der Waals surface area (Å²) in [4.78, 5) is 28.7. The van der Waals surface area contributed by atoms with Gasteiger partial charge in [0.15, 0.2) is 0 Å².